The number of carbonyl (C=O) groups excluding carboxylic acids is 3. The van der Waals surface area contributed by atoms with E-state index < -0.39 is 102 Å². The monoisotopic (exact) mass is 859 g/mol. The van der Waals surface area contributed by atoms with Crippen molar-refractivity contribution in [2.45, 2.75) is 192 Å². The molecule has 0 aromatic rings. The number of carbonyl (C=O) groups is 3. The molecule has 1 N–H and O–H groups in total. The van der Waals surface area contributed by atoms with Gasteiger partial charge in [0.1, 0.15) is 23.9 Å². The van der Waals surface area contributed by atoms with Gasteiger partial charge < -0.3 is 62.1 Å². The molecule has 5 aliphatic heterocycles. The topological polar surface area (TPSA) is 179 Å². The molecule has 5 saturated heterocycles. The number of aliphatic hydroxyl groups is 1. The van der Waals surface area contributed by atoms with Crippen molar-refractivity contribution in [2.75, 3.05) is 48.0 Å². The van der Waals surface area contributed by atoms with Gasteiger partial charge in [-0.25, -0.2) is 9.59 Å². The number of likely N-dealkylation sites (N-methyl/N-ethyl adjacent to an activating group) is 2. The van der Waals surface area contributed by atoms with E-state index in [-0.39, 0.29) is 37.1 Å². The Labute approximate surface area is 356 Å². The highest BCUT2D eigenvalue weighted by atomic mass is 16.8. The highest BCUT2D eigenvalue weighted by Crippen LogP contribution is 2.44. The van der Waals surface area contributed by atoms with Gasteiger partial charge in [-0.05, 0) is 101 Å². The fourth-order valence-electron chi connectivity index (χ4n) is 10.4. The molecule has 17 nitrogen and oxygen atoms in total. The Morgan fingerprint density at radius 2 is 1.58 bits per heavy atom. The third-order valence-corrected chi connectivity index (χ3v) is 13.7. The van der Waals surface area contributed by atoms with Gasteiger partial charge in [0.2, 0.25) is 0 Å². The first-order chi connectivity index (χ1) is 28.1. The number of ether oxygens (including phenoxy) is 11. The molecule has 0 bridgehead atoms. The Bertz CT molecular complexity index is 1470. The Morgan fingerprint density at radius 1 is 0.900 bits per heavy atom. The molecular formula is C43H74N2O15. The molecule has 0 spiro atoms. The normalized spacial score (nSPS) is 46.1. The lowest BCUT2D eigenvalue weighted by Crippen LogP contribution is -2.63. The molecule has 60 heavy (non-hydrogen) atoms. The number of hydrogen-bond donors (Lipinski definition) is 1. The minimum atomic E-state index is -1.34. The number of nitrogens with zero attached hydrogens (tertiary/aromatic N) is 2. The summed E-state index contributed by atoms with van der Waals surface area (Å²) in [4.78, 5) is 45.6. The van der Waals surface area contributed by atoms with Crippen LogP contribution in [0.15, 0.2) is 0 Å². The lowest BCUT2D eigenvalue weighted by Gasteiger charge is -2.51. The van der Waals surface area contributed by atoms with Crippen LogP contribution in [0.25, 0.3) is 0 Å². The second-order valence-electron chi connectivity index (χ2n) is 18.9. The summed E-state index contributed by atoms with van der Waals surface area (Å²) in [5, 5.41) is 9.42. The average Bonchev–Trinajstić information content (AvgIpc) is 3.48. The lowest BCUT2D eigenvalue weighted by atomic mass is 9.77. The molecule has 0 amide bonds. The van der Waals surface area contributed by atoms with Crippen molar-refractivity contribution in [3.63, 3.8) is 0 Å². The van der Waals surface area contributed by atoms with E-state index in [2.05, 4.69) is 11.8 Å². The van der Waals surface area contributed by atoms with Crippen molar-refractivity contribution < 1.29 is 71.6 Å². The van der Waals surface area contributed by atoms with E-state index >= 15 is 0 Å². The third-order valence-electron chi connectivity index (χ3n) is 13.7. The number of esters is 1. The predicted molar refractivity (Wildman–Crippen MR) is 216 cm³/mol. The smallest absolute Gasteiger partial charge is 0.458 e. The van der Waals surface area contributed by atoms with Gasteiger partial charge in [0.25, 0.3) is 0 Å². The number of methoxy groups -OCH3 is 1. The number of rotatable bonds is 9. The largest absolute Gasteiger partial charge is 0.509 e. The number of hydrogen-bond acceptors (Lipinski definition) is 17. The maximum Gasteiger partial charge on any atom is 0.509 e. The summed E-state index contributed by atoms with van der Waals surface area (Å²) in [6.07, 6.45) is -7.20. The molecule has 5 heterocycles. The zero-order chi connectivity index (χ0) is 44.5. The summed E-state index contributed by atoms with van der Waals surface area (Å²) in [5.41, 5.74) is -3.53. The summed E-state index contributed by atoms with van der Waals surface area (Å²) in [5.74, 6) is -2.37. The second kappa shape index (κ2) is 19.6. The maximum absolute atomic E-state index is 14.7. The first kappa shape index (κ1) is 48.7. The first-order valence-corrected chi connectivity index (χ1v) is 21.9. The van der Waals surface area contributed by atoms with Crippen LogP contribution in [0.2, 0.25) is 0 Å². The summed E-state index contributed by atoms with van der Waals surface area (Å²) < 4.78 is 69.9. The van der Waals surface area contributed by atoms with Crippen molar-refractivity contribution in [3.8, 4) is 0 Å². The standard InChI is InChI=1S/C43H74N2O15/c1-15-30-43(10)35(58-40(49)60-43)27(6)45(13)22-23(2)20-42(9)34(57-38-33(56-39(48)59-42)29(44(11)12)19-24(3)52-38)25(4)32(26(5)37(47)54-30)55-31-21-41(8,50-14)36(28(7)53-31)51-18-16-17-46/h23-36,38,46H,15-22H2,1-14H3/t23-,24-,25+,26-,27-,28+,29+,30-,31+,32+,33-,34-,35-,36+,38+,41-,42-,43-/m1/s1. The Kier molecular flexibility index (Phi) is 15.9. The fraction of sp³-hybridized carbons (Fsp3) is 0.930. The number of cyclic esters (lactones) is 1. The van der Waals surface area contributed by atoms with Gasteiger partial charge in [-0.2, -0.15) is 0 Å². The molecule has 0 aliphatic carbocycles. The highest BCUT2D eigenvalue weighted by Gasteiger charge is 2.59. The minimum absolute atomic E-state index is 0.0153. The van der Waals surface area contributed by atoms with Crippen LogP contribution in [0.5, 0.6) is 0 Å². The lowest BCUT2D eigenvalue weighted by molar-refractivity contribution is -0.330. The van der Waals surface area contributed by atoms with E-state index in [9.17, 15) is 19.5 Å². The predicted octanol–water partition coefficient (Wildman–Crippen LogP) is 4.67. The van der Waals surface area contributed by atoms with Gasteiger partial charge in [0, 0.05) is 45.2 Å². The minimum Gasteiger partial charge on any atom is -0.458 e. The average molecular weight is 859 g/mol. The van der Waals surface area contributed by atoms with Gasteiger partial charge in [-0.15, -0.1) is 0 Å². The van der Waals surface area contributed by atoms with Crippen LogP contribution in [-0.4, -0.2) is 171 Å². The number of aliphatic hydroxyl groups excluding tert-OH is 1. The molecule has 5 fully saturated rings. The molecule has 0 aromatic heterocycles. The quantitative estimate of drug-likeness (QED) is 0.192. The zero-order valence-corrected chi connectivity index (χ0v) is 38.4. The van der Waals surface area contributed by atoms with Crippen LogP contribution in [0, 0.1) is 17.8 Å². The Morgan fingerprint density at radius 3 is 2.22 bits per heavy atom. The van der Waals surface area contributed by atoms with Gasteiger partial charge in [-0.1, -0.05) is 20.8 Å². The molecule has 0 unspecified atom stereocenters. The fourth-order valence-corrected chi connectivity index (χ4v) is 10.4. The molecule has 0 saturated carbocycles. The molecule has 5 rings (SSSR count). The molecular weight excluding hydrogens is 784 g/mol. The van der Waals surface area contributed by atoms with Crippen molar-refractivity contribution in [1.29, 1.82) is 0 Å². The van der Waals surface area contributed by atoms with Crippen LogP contribution in [-0.2, 0) is 56.9 Å². The van der Waals surface area contributed by atoms with E-state index in [1.165, 1.54) is 0 Å². The van der Waals surface area contributed by atoms with Gasteiger partial charge in [0.15, 0.2) is 30.4 Å². The maximum atomic E-state index is 14.7. The molecule has 0 aromatic carbocycles. The zero-order valence-electron chi connectivity index (χ0n) is 38.4. The van der Waals surface area contributed by atoms with Crippen molar-refractivity contribution in [2.24, 2.45) is 17.8 Å². The van der Waals surface area contributed by atoms with Crippen molar-refractivity contribution >= 4 is 18.3 Å². The second-order valence-corrected chi connectivity index (χ2v) is 18.9. The molecule has 18 atom stereocenters. The third kappa shape index (κ3) is 10.2. The summed E-state index contributed by atoms with van der Waals surface area (Å²) >= 11 is 0. The Hall–Kier alpha value is -2.35. The molecule has 5 aliphatic rings. The van der Waals surface area contributed by atoms with E-state index in [1.54, 1.807) is 21.0 Å². The number of fused-ring (bicyclic) bond motifs is 3. The van der Waals surface area contributed by atoms with E-state index in [1.807, 2.05) is 74.5 Å². The molecule has 346 valence electrons. The highest BCUT2D eigenvalue weighted by molar-refractivity contribution is 5.73. The molecule has 17 heteroatoms. The summed E-state index contributed by atoms with van der Waals surface area (Å²) in [6, 6.07) is -0.599. The van der Waals surface area contributed by atoms with E-state index in [4.69, 9.17) is 52.1 Å². The Balaban J connectivity index is 1.62. The van der Waals surface area contributed by atoms with Crippen molar-refractivity contribution in [3.05, 3.63) is 0 Å². The van der Waals surface area contributed by atoms with Crippen LogP contribution < -0.4 is 0 Å². The van der Waals surface area contributed by atoms with Gasteiger partial charge in [-0.3, -0.25) is 9.69 Å². The van der Waals surface area contributed by atoms with Crippen LogP contribution in [0.4, 0.5) is 9.59 Å². The van der Waals surface area contributed by atoms with E-state index in [0.29, 0.717) is 38.8 Å². The first-order valence-electron chi connectivity index (χ1n) is 21.9. The summed E-state index contributed by atoms with van der Waals surface area (Å²) in [7, 11) is 7.38. The van der Waals surface area contributed by atoms with Crippen LogP contribution in [0.3, 0.4) is 0 Å². The summed E-state index contributed by atoms with van der Waals surface area (Å²) in [6.45, 7) is 19.6. The van der Waals surface area contributed by atoms with Gasteiger partial charge >= 0.3 is 18.3 Å². The van der Waals surface area contributed by atoms with Gasteiger partial charge in [0.05, 0.1) is 35.9 Å². The van der Waals surface area contributed by atoms with Crippen LogP contribution >= 0.6 is 0 Å². The van der Waals surface area contributed by atoms with Crippen LogP contribution in [0.1, 0.15) is 101 Å². The molecule has 0 radical (unpaired) electrons. The van der Waals surface area contributed by atoms with Crippen molar-refractivity contribution in [1.82, 2.24) is 9.80 Å². The van der Waals surface area contributed by atoms with E-state index in [0.717, 1.165) is 0 Å². The SMILES string of the molecule is CC[C@H]1OC(=O)[C@H](C)[C@@H](O[C@H]2C[C@@](C)(OC)[C@@H](OCCCO)[C@H](C)O2)[C@H](C)[C@H]2O[C@@H]3O[C@H](C)C[C@H](N(C)C)[C@H]3OC(=O)O[C@]2(C)C[C@@H](C)CN(C)[C@H](C)[C@H]2OC(=O)O[C@@]21C.